The van der Waals surface area contributed by atoms with Crippen LogP contribution in [0.4, 0.5) is 4.79 Å². The Kier molecular flexibility index (Phi) is 5.64. The molecule has 0 aliphatic heterocycles. The van der Waals surface area contributed by atoms with Crippen LogP contribution in [0.15, 0.2) is 0 Å². The topological polar surface area (TPSA) is 38.3 Å². The van der Waals surface area contributed by atoms with Crippen molar-refractivity contribution >= 4 is 6.09 Å². The minimum Gasteiger partial charge on any atom is -0.446 e. The Balaban J connectivity index is 2.19. The number of hydrogen-bond donors (Lipinski definition) is 1. The summed E-state index contributed by atoms with van der Waals surface area (Å²) in [4.78, 5) is 11.4. The molecule has 1 N–H and O–H groups in total. The molecule has 1 aliphatic rings. The van der Waals surface area contributed by atoms with Gasteiger partial charge in [0.2, 0.25) is 0 Å². The quantitative estimate of drug-likeness (QED) is 0.748. The molecule has 1 aliphatic carbocycles. The molecule has 0 radical (unpaired) electrons. The number of hydrogen-bond acceptors (Lipinski definition) is 2. The van der Waals surface area contributed by atoms with E-state index < -0.39 is 0 Å². The normalized spacial score (nSPS) is 29.8. The van der Waals surface area contributed by atoms with Crippen LogP contribution in [-0.2, 0) is 4.74 Å². The molecule has 0 aromatic rings. The van der Waals surface area contributed by atoms with Crippen molar-refractivity contribution in [3.8, 4) is 0 Å². The standard InChI is InChI=1S/C13H25NO2/c1-4-5-8-14-13(15)16-12-7-6-10(2)11(3)9-12/h10-12H,4-9H2,1-3H3,(H,14,15). The first-order valence-electron chi connectivity index (χ1n) is 6.58. The molecule has 3 heteroatoms. The lowest BCUT2D eigenvalue weighted by molar-refractivity contribution is 0.0476. The average Bonchev–Trinajstić information content (AvgIpc) is 2.24. The number of rotatable bonds is 4. The molecule has 3 atom stereocenters. The maximum atomic E-state index is 11.4. The minimum absolute atomic E-state index is 0.132. The van der Waals surface area contributed by atoms with Gasteiger partial charge in [0, 0.05) is 6.54 Å². The highest BCUT2D eigenvalue weighted by molar-refractivity contribution is 5.67. The number of ether oxygens (including phenoxy) is 1. The van der Waals surface area contributed by atoms with Crippen molar-refractivity contribution in [2.75, 3.05) is 6.54 Å². The second kappa shape index (κ2) is 6.77. The molecule has 0 heterocycles. The van der Waals surface area contributed by atoms with Gasteiger partial charge in [-0.25, -0.2) is 4.79 Å². The first-order valence-corrected chi connectivity index (χ1v) is 6.58. The molecule has 94 valence electrons. The van der Waals surface area contributed by atoms with Crippen LogP contribution in [0.5, 0.6) is 0 Å². The lowest BCUT2D eigenvalue weighted by Crippen LogP contribution is -2.33. The molecule has 0 saturated heterocycles. The van der Waals surface area contributed by atoms with Gasteiger partial charge in [0.15, 0.2) is 0 Å². The van der Waals surface area contributed by atoms with E-state index in [2.05, 4.69) is 26.1 Å². The second-order valence-electron chi connectivity index (χ2n) is 5.08. The van der Waals surface area contributed by atoms with Gasteiger partial charge < -0.3 is 10.1 Å². The van der Waals surface area contributed by atoms with Gasteiger partial charge in [-0.2, -0.15) is 0 Å². The second-order valence-corrected chi connectivity index (χ2v) is 5.08. The van der Waals surface area contributed by atoms with E-state index in [1.807, 2.05) is 0 Å². The molecule has 16 heavy (non-hydrogen) atoms. The molecule has 0 spiro atoms. The van der Waals surface area contributed by atoms with E-state index in [-0.39, 0.29) is 12.2 Å². The summed E-state index contributed by atoms with van der Waals surface area (Å²) in [5.74, 6) is 1.44. The summed E-state index contributed by atoms with van der Waals surface area (Å²) >= 11 is 0. The summed E-state index contributed by atoms with van der Waals surface area (Å²) in [5.41, 5.74) is 0. The predicted molar refractivity (Wildman–Crippen MR) is 65.4 cm³/mol. The zero-order chi connectivity index (χ0) is 12.0. The van der Waals surface area contributed by atoms with E-state index in [0.717, 1.165) is 38.1 Å². The fourth-order valence-corrected chi connectivity index (χ4v) is 2.17. The highest BCUT2D eigenvalue weighted by Crippen LogP contribution is 2.30. The monoisotopic (exact) mass is 227 g/mol. The van der Waals surface area contributed by atoms with Crippen LogP contribution < -0.4 is 5.32 Å². The fourth-order valence-electron chi connectivity index (χ4n) is 2.17. The Labute approximate surface area is 98.9 Å². The lowest BCUT2D eigenvalue weighted by atomic mass is 9.80. The number of amides is 1. The van der Waals surface area contributed by atoms with E-state index in [9.17, 15) is 4.79 Å². The number of alkyl carbamates (subject to hydrolysis) is 1. The zero-order valence-electron chi connectivity index (χ0n) is 10.8. The van der Waals surface area contributed by atoms with Crippen LogP contribution in [0.25, 0.3) is 0 Å². The van der Waals surface area contributed by atoms with Crippen LogP contribution in [0, 0.1) is 11.8 Å². The van der Waals surface area contributed by atoms with Crippen molar-refractivity contribution in [1.29, 1.82) is 0 Å². The summed E-state index contributed by atoms with van der Waals surface area (Å²) in [5, 5.41) is 2.80. The molecule has 1 saturated carbocycles. The number of unbranched alkanes of at least 4 members (excludes halogenated alkanes) is 1. The van der Waals surface area contributed by atoms with Crippen molar-refractivity contribution in [3.05, 3.63) is 0 Å². The Morgan fingerprint density at radius 3 is 2.69 bits per heavy atom. The third-order valence-electron chi connectivity index (χ3n) is 3.62. The molecule has 3 unspecified atom stereocenters. The third kappa shape index (κ3) is 4.42. The molecule has 3 nitrogen and oxygen atoms in total. The van der Waals surface area contributed by atoms with Crippen molar-refractivity contribution in [2.45, 2.75) is 59.0 Å². The minimum atomic E-state index is -0.236. The maximum absolute atomic E-state index is 11.4. The highest BCUT2D eigenvalue weighted by atomic mass is 16.6. The summed E-state index contributed by atoms with van der Waals surface area (Å²) in [6.45, 7) is 7.36. The summed E-state index contributed by atoms with van der Waals surface area (Å²) in [6, 6.07) is 0. The molecule has 1 amide bonds. The predicted octanol–water partition coefficient (Wildman–Crippen LogP) is 3.34. The van der Waals surface area contributed by atoms with E-state index in [0.29, 0.717) is 5.92 Å². The Hall–Kier alpha value is -0.730. The molecule has 0 aromatic carbocycles. The molecule has 0 bridgehead atoms. The van der Waals surface area contributed by atoms with Crippen molar-refractivity contribution < 1.29 is 9.53 Å². The van der Waals surface area contributed by atoms with Crippen LogP contribution >= 0.6 is 0 Å². The number of nitrogens with one attached hydrogen (secondary N) is 1. The lowest BCUT2D eigenvalue weighted by Gasteiger charge is -2.31. The van der Waals surface area contributed by atoms with Crippen LogP contribution in [0.3, 0.4) is 0 Å². The molecule has 1 fully saturated rings. The van der Waals surface area contributed by atoms with Gasteiger partial charge in [0.05, 0.1) is 0 Å². The number of carbonyl (C=O) groups is 1. The number of carbonyl (C=O) groups excluding carboxylic acids is 1. The third-order valence-corrected chi connectivity index (χ3v) is 3.62. The summed E-state index contributed by atoms with van der Waals surface area (Å²) in [7, 11) is 0. The highest BCUT2D eigenvalue weighted by Gasteiger charge is 2.26. The van der Waals surface area contributed by atoms with E-state index >= 15 is 0 Å². The SMILES string of the molecule is CCCCNC(=O)OC1CCC(C)C(C)C1. The van der Waals surface area contributed by atoms with Crippen molar-refractivity contribution in [2.24, 2.45) is 11.8 Å². The van der Waals surface area contributed by atoms with Crippen molar-refractivity contribution in [3.63, 3.8) is 0 Å². The summed E-state index contributed by atoms with van der Waals surface area (Å²) < 4.78 is 5.41. The first-order chi connectivity index (χ1) is 7.63. The molecule has 0 aromatic heterocycles. The molecular formula is C13H25NO2. The van der Waals surface area contributed by atoms with Gasteiger partial charge in [-0.1, -0.05) is 27.2 Å². The van der Waals surface area contributed by atoms with Gasteiger partial charge in [-0.15, -0.1) is 0 Å². The summed E-state index contributed by atoms with van der Waals surface area (Å²) in [6.07, 6.45) is 5.22. The van der Waals surface area contributed by atoms with E-state index in [4.69, 9.17) is 4.74 Å². The van der Waals surface area contributed by atoms with Gasteiger partial charge >= 0.3 is 6.09 Å². The van der Waals surface area contributed by atoms with E-state index in [1.165, 1.54) is 6.42 Å². The molecular weight excluding hydrogens is 202 g/mol. The Bertz CT molecular complexity index is 218. The van der Waals surface area contributed by atoms with Gasteiger partial charge in [0.25, 0.3) is 0 Å². The van der Waals surface area contributed by atoms with Crippen LogP contribution in [0.2, 0.25) is 0 Å². The smallest absolute Gasteiger partial charge is 0.407 e. The largest absolute Gasteiger partial charge is 0.446 e. The van der Waals surface area contributed by atoms with Crippen molar-refractivity contribution in [1.82, 2.24) is 5.32 Å². The van der Waals surface area contributed by atoms with Gasteiger partial charge in [-0.05, 0) is 37.5 Å². The Morgan fingerprint density at radius 1 is 1.31 bits per heavy atom. The first kappa shape index (κ1) is 13.3. The van der Waals surface area contributed by atoms with Crippen LogP contribution in [-0.4, -0.2) is 18.7 Å². The maximum Gasteiger partial charge on any atom is 0.407 e. The molecule has 1 rings (SSSR count). The van der Waals surface area contributed by atoms with E-state index in [1.54, 1.807) is 0 Å². The zero-order valence-corrected chi connectivity index (χ0v) is 10.8. The van der Waals surface area contributed by atoms with Gasteiger partial charge in [0.1, 0.15) is 6.10 Å². The van der Waals surface area contributed by atoms with Gasteiger partial charge in [-0.3, -0.25) is 0 Å². The van der Waals surface area contributed by atoms with Crippen LogP contribution in [0.1, 0.15) is 52.9 Å². The average molecular weight is 227 g/mol. The Morgan fingerprint density at radius 2 is 2.06 bits per heavy atom. The fraction of sp³-hybridized carbons (Fsp3) is 0.923.